The fraction of sp³-hybridized carbons (Fsp3) is 0.471. The second-order valence-electron chi connectivity index (χ2n) is 6.33. The molecule has 2 heterocycles. The molecule has 2 aliphatic rings. The van der Waals surface area contributed by atoms with Crippen molar-refractivity contribution in [2.45, 2.75) is 37.2 Å². The Morgan fingerprint density at radius 2 is 2.22 bits per heavy atom. The van der Waals surface area contributed by atoms with E-state index in [-0.39, 0.29) is 12.1 Å². The number of hydrogen-bond donors (Lipinski definition) is 1. The molecule has 3 rings (SSSR count). The van der Waals surface area contributed by atoms with Crippen molar-refractivity contribution in [3.8, 4) is 0 Å². The van der Waals surface area contributed by atoms with Crippen LogP contribution in [0.5, 0.6) is 0 Å². The van der Waals surface area contributed by atoms with Gasteiger partial charge in [-0.15, -0.1) is 0 Å². The van der Waals surface area contributed by atoms with E-state index in [0.29, 0.717) is 22.9 Å². The molecule has 1 aromatic rings. The van der Waals surface area contributed by atoms with E-state index >= 15 is 0 Å². The second kappa shape index (κ2) is 6.19. The SMILES string of the molecule is C=N/C=C\c1c(C)cccc1S(=O)(=O)N1C[C@H]2CCN[C@H]2[C@@H]1C. The highest BCUT2D eigenvalue weighted by molar-refractivity contribution is 7.89. The molecule has 0 spiro atoms. The molecule has 6 heteroatoms. The van der Waals surface area contributed by atoms with Crippen LogP contribution in [0.1, 0.15) is 24.5 Å². The van der Waals surface area contributed by atoms with Crippen molar-refractivity contribution < 1.29 is 8.42 Å². The summed E-state index contributed by atoms with van der Waals surface area (Å²) in [6.45, 7) is 8.90. The summed E-state index contributed by atoms with van der Waals surface area (Å²) in [6, 6.07) is 5.62. The van der Waals surface area contributed by atoms with E-state index in [1.54, 1.807) is 22.5 Å². The predicted octanol–water partition coefficient (Wildman–Crippen LogP) is 2.04. The molecule has 2 saturated heterocycles. The van der Waals surface area contributed by atoms with Crippen LogP contribution in [-0.2, 0) is 10.0 Å². The maximum absolute atomic E-state index is 13.2. The van der Waals surface area contributed by atoms with Gasteiger partial charge in [0, 0.05) is 24.8 Å². The molecule has 3 atom stereocenters. The molecule has 23 heavy (non-hydrogen) atoms. The van der Waals surface area contributed by atoms with E-state index in [4.69, 9.17) is 0 Å². The van der Waals surface area contributed by atoms with Crippen LogP contribution in [0, 0.1) is 12.8 Å². The van der Waals surface area contributed by atoms with Gasteiger partial charge in [0.15, 0.2) is 0 Å². The van der Waals surface area contributed by atoms with Crippen LogP contribution in [0.2, 0.25) is 0 Å². The third-order valence-electron chi connectivity index (χ3n) is 5.01. The van der Waals surface area contributed by atoms with E-state index in [0.717, 1.165) is 18.5 Å². The van der Waals surface area contributed by atoms with Crippen molar-refractivity contribution in [3.05, 3.63) is 35.5 Å². The molecule has 0 bridgehead atoms. The van der Waals surface area contributed by atoms with Crippen LogP contribution in [-0.4, -0.2) is 44.6 Å². The van der Waals surface area contributed by atoms with Gasteiger partial charge in [0.2, 0.25) is 10.0 Å². The molecule has 1 N–H and O–H groups in total. The number of aryl methyl sites for hydroxylation is 1. The number of rotatable bonds is 4. The lowest BCUT2D eigenvalue weighted by Crippen LogP contribution is -2.42. The molecule has 5 nitrogen and oxygen atoms in total. The summed E-state index contributed by atoms with van der Waals surface area (Å²) in [7, 11) is -3.53. The fourth-order valence-electron chi connectivity index (χ4n) is 3.79. The minimum Gasteiger partial charge on any atom is -0.312 e. The van der Waals surface area contributed by atoms with E-state index < -0.39 is 10.0 Å². The highest BCUT2D eigenvalue weighted by Gasteiger charge is 2.47. The molecular formula is C17H23N3O2S. The largest absolute Gasteiger partial charge is 0.312 e. The molecule has 2 aliphatic heterocycles. The van der Waals surface area contributed by atoms with Gasteiger partial charge in [0.1, 0.15) is 0 Å². The quantitative estimate of drug-likeness (QED) is 0.858. The van der Waals surface area contributed by atoms with Crippen LogP contribution in [0.4, 0.5) is 0 Å². The average Bonchev–Trinajstić information content (AvgIpc) is 3.09. The second-order valence-corrected chi connectivity index (χ2v) is 8.19. The molecule has 0 radical (unpaired) electrons. The summed E-state index contributed by atoms with van der Waals surface area (Å²) in [5.74, 6) is 0.415. The Morgan fingerprint density at radius 3 is 2.91 bits per heavy atom. The maximum atomic E-state index is 13.2. The van der Waals surface area contributed by atoms with Crippen LogP contribution in [0.15, 0.2) is 34.3 Å². The van der Waals surface area contributed by atoms with Crippen molar-refractivity contribution in [1.29, 1.82) is 0 Å². The molecule has 0 aliphatic carbocycles. The summed E-state index contributed by atoms with van der Waals surface area (Å²) in [5, 5.41) is 3.44. The summed E-state index contributed by atoms with van der Waals surface area (Å²) >= 11 is 0. The van der Waals surface area contributed by atoms with Crippen LogP contribution < -0.4 is 5.32 Å². The Kier molecular flexibility index (Phi) is 4.40. The molecule has 0 aromatic heterocycles. The van der Waals surface area contributed by atoms with E-state index in [9.17, 15) is 8.42 Å². The van der Waals surface area contributed by atoms with Gasteiger partial charge < -0.3 is 5.32 Å². The van der Waals surface area contributed by atoms with Crippen molar-refractivity contribution >= 4 is 22.8 Å². The summed E-state index contributed by atoms with van der Waals surface area (Å²) in [6.07, 6.45) is 4.29. The van der Waals surface area contributed by atoms with Crippen molar-refractivity contribution in [2.75, 3.05) is 13.1 Å². The molecule has 1 aromatic carbocycles. The first kappa shape index (κ1) is 16.4. The first-order valence-corrected chi connectivity index (χ1v) is 9.38. The molecule has 0 amide bonds. The van der Waals surface area contributed by atoms with Gasteiger partial charge in [-0.25, -0.2) is 8.42 Å². The molecule has 0 saturated carbocycles. The molecule has 124 valence electrons. The summed E-state index contributed by atoms with van der Waals surface area (Å²) in [5.41, 5.74) is 1.60. The van der Waals surface area contributed by atoms with Crippen molar-refractivity contribution in [3.63, 3.8) is 0 Å². The summed E-state index contributed by atoms with van der Waals surface area (Å²) < 4.78 is 28.1. The van der Waals surface area contributed by atoms with Crippen LogP contribution in [0.3, 0.4) is 0 Å². The zero-order valence-electron chi connectivity index (χ0n) is 13.6. The Labute approximate surface area is 138 Å². The number of sulfonamides is 1. The van der Waals surface area contributed by atoms with E-state index in [1.807, 2.05) is 19.9 Å². The lowest BCUT2D eigenvalue weighted by molar-refractivity contribution is 0.373. The smallest absolute Gasteiger partial charge is 0.243 e. The standard InChI is InChI=1S/C17H23N3O2S/c1-12-5-4-6-16(15(12)8-9-18-3)23(21,22)20-11-14-7-10-19-17(14)13(20)2/h4-6,8-9,13-14,17,19H,3,7,10-11H2,1-2H3/b9-8-/t13-,14+,17-/m0/s1. The topological polar surface area (TPSA) is 61.8 Å². The molecular weight excluding hydrogens is 310 g/mol. The van der Waals surface area contributed by atoms with Gasteiger partial charge in [-0.1, -0.05) is 12.1 Å². The number of fused-ring (bicyclic) bond motifs is 1. The number of nitrogens with zero attached hydrogens (tertiary/aromatic N) is 2. The van der Waals surface area contributed by atoms with Gasteiger partial charge in [0.25, 0.3) is 0 Å². The predicted molar refractivity (Wildman–Crippen MR) is 93.0 cm³/mol. The highest BCUT2D eigenvalue weighted by atomic mass is 32.2. The minimum absolute atomic E-state index is 0.0256. The Bertz CT molecular complexity index is 742. The Balaban J connectivity index is 2.02. The third kappa shape index (κ3) is 2.75. The number of aliphatic imine (C=N–C) groups is 1. The Morgan fingerprint density at radius 1 is 1.43 bits per heavy atom. The number of hydrogen-bond acceptors (Lipinski definition) is 4. The van der Waals surface area contributed by atoms with Crippen LogP contribution in [0.25, 0.3) is 6.08 Å². The third-order valence-corrected chi connectivity index (χ3v) is 7.02. The van der Waals surface area contributed by atoms with Crippen LogP contribution >= 0.6 is 0 Å². The first-order valence-electron chi connectivity index (χ1n) is 7.94. The molecule has 2 fully saturated rings. The zero-order valence-corrected chi connectivity index (χ0v) is 14.4. The summed E-state index contributed by atoms with van der Waals surface area (Å²) in [4.78, 5) is 4.06. The maximum Gasteiger partial charge on any atom is 0.243 e. The Hall–Kier alpha value is -1.50. The highest BCUT2D eigenvalue weighted by Crippen LogP contribution is 2.35. The number of benzene rings is 1. The van der Waals surface area contributed by atoms with Gasteiger partial charge in [-0.2, -0.15) is 4.31 Å². The van der Waals surface area contributed by atoms with Crippen molar-refractivity contribution in [1.82, 2.24) is 9.62 Å². The zero-order chi connectivity index (χ0) is 16.6. The molecule has 0 unspecified atom stereocenters. The normalized spacial score (nSPS) is 28.3. The number of nitrogens with one attached hydrogen (secondary N) is 1. The lowest BCUT2D eigenvalue weighted by Gasteiger charge is -2.25. The van der Waals surface area contributed by atoms with Gasteiger partial charge in [0.05, 0.1) is 4.90 Å². The van der Waals surface area contributed by atoms with Gasteiger partial charge in [-0.3, -0.25) is 4.99 Å². The first-order chi connectivity index (χ1) is 11.0. The minimum atomic E-state index is -3.53. The van der Waals surface area contributed by atoms with Gasteiger partial charge in [-0.05, 0) is 62.7 Å². The van der Waals surface area contributed by atoms with Gasteiger partial charge >= 0.3 is 0 Å². The fourth-order valence-corrected chi connectivity index (χ4v) is 5.76. The monoisotopic (exact) mass is 333 g/mol. The average molecular weight is 333 g/mol. The lowest BCUT2D eigenvalue weighted by atomic mass is 10.0. The van der Waals surface area contributed by atoms with E-state index in [1.165, 1.54) is 6.20 Å². The van der Waals surface area contributed by atoms with Crippen molar-refractivity contribution in [2.24, 2.45) is 10.9 Å². The van der Waals surface area contributed by atoms with E-state index in [2.05, 4.69) is 17.0 Å².